The molecule has 0 saturated carbocycles. The minimum Gasteiger partial charge on any atom is -0.544 e. The Morgan fingerprint density at radius 2 is 1.04 bits per heavy atom. The van der Waals surface area contributed by atoms with Crippen molar-refractivity contribution < 1.29 is 168 Å². The quantitative estimate of drug-likeness (QED) is 0.0324. The van der Waals surface area contributed by atoms with Gasteiger partial charge in [-0.1, -0.05) is 0 Å². The molecule has 5 heterocycles. The molecule has 4 amide bonds. The van der Waals surface area contributed by atoms with Crippen molar-refractivity contribution in [2.45, 2.75) is 204 Å². The van der Waals surface area contributed by atoms with E-state index in [0.29, 0.717) is 0 Å². The monoisotopic (exact) mass is 1230 g/mol. The molecule has 5 aliphatic heterocycles. The molecule has 38 heteroatoms. The highest BCUT2D eigenvalue weighted by atomic mass is 16.8. The number of aliphatic hydroxyl groups is 16. The molecule has 5 saturated heterocycles. The van der Waals surface area contributed by atoms with E-state index in [4.69, 9.17) is 47.4 Å². The Labute approximate surface area is 475 Å². The third kappa shape index (κ3) is 16.1. The Morgan fingerprint density at radius 1 is 0.571 bits per heavy atom. The maximum Gasteiger partial charge on any atom is 0.217 e. The van der Waals surface area contributed by atoms with Crippen LogP contribution >= 0.6 is 0 Å². The van der Waals surface area contributed by atoms with E-state index in [0.717, 1.165) is 20.8 Å². The lowest BCUT2D eigenvalue weighted by Gasteiger charge is -2.53. The summed E-state index contributed by atoms with van der Waals surface area (Å²) >= 11 is 0. The molecule has 0 aliphatic carbocycles. The molecule has 0 aromatic heterocycles. The lowest BCUT2D eigenvalue weighted by atomic mass is 9.88. The number of aliphatic hydroxyl groups excluding tert-OH is 16. The summed E-state index contributed by atoms with van der Waals surface area (Å²) in [6.45, 7) is -4.59. The highest BCUT2D eigenvalue weighted by Crippen LogP contribution is 2.41. The summed E-state index contributed by atoms with van der Waals surface area (Å²) in [7, 11) is 0. The van der Waals surface area contributed by atoms with Crippen molar-refractivity contribution in [2.24, 2.45) is 0 Å². The maximum atomic E-state index is 13.5. The van der Waals surface area contributed by atoms with E-state index in [1.165, 1.54) is 0 Å². The van der Waals surface area contributed by atoms with Crippen LogP contribution < -0.4 is 31.5 Å². The molecule has 0 unspecified atom stereocenters. The van der Waals surface area contributed by atoms with E-state index < -0.39 is 259 Å². The Bertz CT molecular complexity index is 2180. The van der Waals surface area contributed by atoms with Gasteiger partial charge in [-0.2, -0.15) is 0 Å². The zero-order valence-corrected chi connectivity index (χ0v) is 45.0. The fourth-order valence-corrected chi connectivity index (χ4v) is 10.1. The molecule has 0 spiro atoms. The average molecular weight is 1230 g/mol. The predicted molar refractivity (Wildman–Crippen MR) is 254 cm³/mol. The summed E-state index contributed by atoms with van der Waals surface area (Å²) < 4.78 is 57.6. The highest BCUT2D eigenvalue weighted by Gasteiger charge is 2.61. The van der Waals surface area contributed by atoms with Crippen molar-refractivity contribution in [2.75, 3.05) is 46.2 Å². The summed E-state index contributed by atoms with van der Waals surface area (Å²) in [6.07, 6.45) is -51.1. The lowest BCUT2D eigenvalue weighted by molar-refractivity contribution is -0.420. The number of carbonyl (C=O) groups excluding carboxylic acids is 6. The first kappa shape index (κ1) is 70.5. The molecule has 484 valence electrons. The molecular weight excluding hydrogens is 1150 g/mol. The van der Waals surface area contributed by atoms with Crippen LogP contribution in [-0.4, -0.2) is 335 Å². The Balaban J connectivity index is 1.58. The van der Waals surface area contributed by atoms with E-state index in [1.54, 1.807) is 0 Å². The molecule has 0 radical (unpaired) electrons. The number of hydrogen-bond donors (Lipinski definition) is 20. The first-order valence-corrected chi connectivity index (χ1v) is 26.0. The minimum absolute atomic E-state index is 0.218. The van der Waals surface area contributed by atoms with Crippen LogP contribution in [-0.2, 0) is 76.1 Å². The lowest BCUT2D eigenvalue weighted by Crippen LogP contribution is -2.73. The first-order chi connectivity index (χ1) is 39.5. The topological polar surface area (TPSA) is 613 Å². The number of nitrogens with one attached hydrogen (secondary N) is 4. The minimum atomic E-state index is -3.55. The van der Waals surface area contributed by atoms with Crippen molar-refractivity contribution in [3.05, 3.63) is 0 Å². The van der Waals surface area contributed by atoms with Gasteiger partial charge in [0.1, 0.15) is 122 Å². The van der Waals surface area contributed by atoms with Gasteiger partial charge >= 0.3 is 0 Å². The van der Waals surface area contributed by atoms with Crippen LogP contribution in [0.25, 0.3) is 0 Å². The molecule has 5 rings (SSSR count). The number of rotatable bonds is 28. The second-order valence-electron chi connectivity index (χ2n) is 20.5. The van der Waals surface area contributed by atoms with E-state index in [-0.39, 0.29) is 6.41 Å². The van der Waals surface area contributed by atoms with Crippen LogP contribution in [0, 0.1) is 0 Å². The zero-order valence-electron chi connectivity index (χ0n) is 45.0. The SMILES string of the molecule is CC(=O)N[C@H]1[C@H](O[C@@H]2[C@H](O[C@]3(C(=O)[O-])C[C@H](O)[C@@H](NC(C)=O)[C@H]([C@H](O)[C@H](O)CO)O3)[C@@H](O)[C@H](O[C@H]3[C@H](O)[C@@H](O)[C@H](OC[C@@H](CO)NC=O)O[C@@H]3CO)O[C@@H]2CO)O[C@H](CO[C@]2(C(=O)[O-])C[C@H](O)[C@@H](NC(C)=O)[C@H]([C@H](O)[C@H](O)CO)O2)[C@H](O)[C@@H]1O. The number of carboxylic acids is 2. The number of ether oxygens (including phenoxy) is 10. The molecule has 20 N–H and O–H groups in total. The van der Waals surface area contributed by atoms with Crippen LogP contribution in [0.2, 0.25) is 0 Å². The molecule has 0 aromatic carbocycles. The van der Waals surface area contributed by atoms with Crippen LogP contribution in [0.4, 0.5) is 0 Å². The third-order valence-electron chi connectivity index (χ3n) is 14.4. The van der Waals surface area contributed by atoms with E-state index in [1.807, 2.05) is 0 Å². The van der Waals surface area contributed by atoms with Gasteiger partial charge in [-0.05, 0) is 0 Å². The van der Waals surface area contributed by atoms with Crippen molar-refractivity contribution in [3.63, 3.8) is 0 Å². The fourth-order valence-electron chi connectivity index (χ4n) is 10.1. The number of hydrogen-bond acceptors (Lipinski definition) is 34. The number of amides is 4. The predicted octanol–water partition coefficient (Wildman–Crippen LogP) is -16.6. The van der Waals surface area contributed by atoms with Gasteiger partial charge in [-0.25, -0.2) is 0 Å². The zero-order chi connectivity index (χ0) is 62.9. The number of carboxylic acid groups (broad SMARTS) is 2. The van der Waals surface area contributed by atoms with Crippen molar-refractivity contribution in [3.8, 4) is 0 Å². The Kier molecular flexibility index (Phi) is 25.7. The number of carbonyl (C=O) groups is 6. The summed E-state index contributed by atoms with van der Waals surface area (Å²) in [6, 6.07) is -6.62. The van der Waals surface area contributed by atoms with Gasteiger partial charge < -0.3 is 170 Å². The van der Waals surface area contributed by atoms with Gasteiger partial charge in [0, 0.05) is 33.6 Å². The summed E-state index contributed by atoms with van der Waals surface area (Å²) in [4.78, 5) is 74.4. The molecule has 5 aliphatic rings. The third-order valence-corrected chi connectivity index (χ3v) is 14.4. The van der Waals surface area contributed by atoms with Crippen LogP contribution in [0.3, 0.4) is 0 Å². The van der Waals surface area contributed by atoms with Gasteiger partial charge in [0.25, 0.3) is 0 Å². The average Bonchev–Trinajstić information content (AvgIpc) is 1.22. The standard InChI is InChI=1S/C46H76N4O34/c1-14(57)48-25-18(60)4-45(43(71)72,82-37(25)28(64)20(62)7-52)76-12-24-30(66)31(67)27(50-16(3)59)40(79-24)81-36-23(10-55)78-42(80-35-22(9-54)77-41(33(69)32(35)68)75-11-17(6-51)47-13-56)34(70)39(36)84-46(44(73)74)5-19(61)26(49-15(2)58)38(83-46)29(65)21(63)8-53/h13,17-42,51-55,60-70H,4-12H2,1-3H3,(H,47,56)(H,48,57)(H,49,58)(H,50,59)(H,71,72)(H,73,74)/p-2/t17-,18+,19+,20-,21-,22-,23-,24-,25-,26-,27-,28-,29-,30+,31-,32-,33-,34-,35-,36+,37-,38-,39-,40+,41-,42+,45-,46+/m1/s1. The van der Waals surface area contributed by atoms with Gasteiger partial charge in [0.05, 0.1) is 76.6 Å². The normalized spacial score (nSPS) is 40.9. The first-order valence-electron chi connectivity index (χ1n) is 26.0. The van der Waals surface area contributed by atoms with E-state index in [2.05, 4.69) is 21.3 Å². The molecular formula is C46H74N4O34-2. The number of aliphatic carboxylic acids is 2. The van der Waals surface area contributed by atoms with E-state index >= 15 is 0 Å². The fraction of sp³-hybridized carbons (Fsp3) is 0.870. The van der Waals surface area contributed by atoms with Gasteiger partial charge in [-0.3, -0.25) is 19.2 Å². The summed E-state index contributed by atoms with van der Waals surface area (Å²) in [5.74, 6) is -14.3. The van der Waals surface area contributed by atoms with Crippen molar-refractivity contribution >= 4 is 36.1 Å². The molecule has 0 aromatic rings. The molecule has 38 nitrogen and oxygen atoms in total. The van der Waals surface area contributed by atoms with Gasteiger partial charge in [-0.15, -0.1) is 0 Å². The Hall–Kier alpha value is -4.22. The maximum absolute atomic E-state index is 13.5. The summed E-state index contributed by atoms with van der Waals surface area (Å²) in [5.41, 5.74) is 0. The van der Waals surface area contributed by atoms with Crippen LogP contribution in [0.1, 0.15) is 33.6 Å². The largest absolute Gasteiger partial charge is 0.544 e. The second kappa shape index (κ2) is 30.6. The highest BCUT2D eigenvalue weighted by molar-refractivity contribution is 5.76. The molecule has 5 fully saturated rings. The van der Waals surface area contributed by atoms with Crippen molar-refractivity contribution in [1.82, 2.24) is 21.3 Å². The Morgan fingerprint density at radius 3 is 1.51 bits per heavy atom. The summed E-state index contributed by atoms with van der Waals surface area (Å²) in [5, 5.41) is 209. The van der Waals surface area contributed by atoms with E-state index in [9.17, 15) is 121 Å². The molecule has 0 bridgehead atoms. The second-order valence-corrected chi connectivity index (χ2v) is 20.5. The molecule has 84 heavy (non-hydrogen) atoms. The molecule has 28 atom stereocenters. The smallest absolute Gasteiger partial charge is 0.217 e. The van der Waals surface area contributed by atoms with Gasteiger partial charge in [0.15, 0.2) is 18.9 Å². The van der Waals surface area contributed by atoms with Crippen LogP contribution in [0.15, 0.2) is 0 Å². The van der Waals surface area contributed by atoms with Gasteiger partial charge in [0.2, 0.25) is 35.7 Å². The van der Waals surface area contributed by atoms with Crippen molar-refractivity contribution in [1.29, 1.82) is 0 Å². The van der Waals surface area contributed by atoms with Crippen LogP contribution in [0.5, 0.6) is 0 Å².